The summed E-state index contributed by atoms with van der Waals surface area (Å²) in [5.41, 5.74) is 0.749. The number of nitrogens with zero attached hydrogens (tertiary/aromatic N) is 2. The largest absolute Gasteiger partial charge is 0.573 e. The summed E-state index contributed by atoms with van der Waals surface area (Å²) in [6.45, 7) is 2.79. The Morgan fingerprint density at radius 3 is 2.09 bits per heavy atom. The van der Waals surface area contributed by atoms with Crippen molar-refractivity contribution in [3.8, 4) is 5.75 Å². The fraction of sp³-hybridized carbons (Fsp3) is 0.471. The van der Waals surface area contributed by atoms with Crippen LogP contribution in [0.2, 0.25) is 0 Å². The van der Waals surface area contributed by atoms with Gasteiger partial charge in [0.05, 0.1) is 10.5 Å². The second kappa shape index (κ2) is 15.8. The highest BCUT2D eigenvalue weighted by molar-refractivity contribution is 7.82. The first-order valence-electron chi connectivity index (χ1n) is 15.1. The Morgan fingerprint density at radius 1 is 0.930 bits per heavy atom. The van der Waals surface area contributed by atoms with Gasteiger partial charge in [-0.05, 0) is 87.1 Å². The van der Waals surface area contributed by atoms with Crippen LogP contribution in [-0.2, 0) is 17.4 Å². The van der Waals surface area contributed by atoms with Gasteiger partial charge in [0.2, 0.25) is 0 Å². The highest BCUT2D eigenvalue weighted by Gasteiger charge is 2.35. The molecule has 1 saturated carbocycles. The second-order valence-corrected chi connectivity index (χ2v) is 13.2. The molecule has 3 aromatic rings. The molecule has 1 aliphatic heterocycles. The van der Waals surface area contributed by atoms with Crippen molar-refractivity contribution in [1.82, 2.24) is 9.21 Å². The maximum atomic E-state index is 13.0. The summed E-state index contributed by atoms with van der Waals surface area (Å²) >= 11 is 0. The minimum atomic E-state index is -4.74. The van der Waals surface area contributed by atoms with Crippen molar-refractivity contribution in [3.05, 3.63) is 96.6 Å². The average Bonchev–Trinajstić information content (AvgIpc) is 3.47. The number of likely N-dealkylation sites (tertiary alicyclic amines) is 1. The van der Waals surface area contributed by atoms with E-state index in [-0.39, 0.29) is 11.8 Å². The molecule has 3 unspecified atom stereocenters. The number of aryl methyl sites for hydroxylation is 1. The summed E-state index contributed by atoms with van der Waals surface area (Å²) in [4.78, 5) is 2.91. The zero-order chi connectivity index (χ0) is 30.7. The number of ether oxygens (including phenoxy) is 1. The van der Waals surface area contributed by atoms with Crippen molar-refractivity contribution in [3.63, 3.8) is 0 Å². The number of hydrogen-bond acceptors (Lipinski definition) is 4. The molecule has 0 amide bonds. The Hall–Kier alpha value is -2.72. The average molecular weight is 617 g/mol. The molecule has 1 aliphatic carbocycles. The summed E-state index contributed by atoms with van der Waals surface area (Å²) in [5, 5.41) is 11.1. The highest BCUT2D eigenvalue weighted by atomic mass is 32.2. The van der Waals surface area contributed by atoms with Gasteiger partial charge in [0.1, 0.15) is 16.7 Å². The van der Waals surface area contributed by atoms with Crippen molar-refractivity contribution in [1.29, 1.82) is 0 Å². The predicted octanol–water partition coefficient (Wildman–Crippen LogP) is 7.24. The number of hydrogen-bond donors (Lipinski definition) is 1. The molecule has 2 aliphatic rings. The monoisotopic (exact) mass is 616 g/mol. The molecule has 9 heteroatoms. The van der Waals surface area contributed by atoms with Crippen LogP contribution in [0.3, 0.4) is 0 Å². The van der Waals surface area contributed by atoms with Gasteiger partial charge in [0.15, 0.2) is 0 Å². The van der Waals surface area contributed by atoms with Crippen molar-refractivity contribution in [2.75, 3.05) is 26.7 Å². The molecule has 3 aromatic carbocycles. The van der Waals surface area contributed by atoms with Gasteiger partial charge in [-0.3, -0.25) is 0 Å². The molecular formula is C34H43F3N2O3S. The number of aliphatic hydroxyl groups is 1. The van der Waals surface area contributed by atoms with Gasteiger partial charge in [-0.15, -0.1) is 13.2 Å². The summed E-state index contributed by atoms with van der Waals surface area (Å²) in [6.07, 6.45) is 2.62. The van der Waals surface area contributed by atoms with E-state index in [1.165, 1.54) is 29.8 Å². The van der Waals surface area contributed by atoms with Crippen LogP contribution in [0.5, 0.6) is 5.75 Å². The predicted molar refractivity (Wildman–Crippen MR) is 165 cm³/mol. The van der Waals surface area contributed by atoms with Crippen LogP contribution < -0.4 is 4.74 Å². The summed E-state index contributed by atoms with van der Waals surface area (Å²) < 4.78 is 55.9. The molecule has 0 aromatic heterocycles. The normalized spacial score (nSPS) is 21.2. The number of piperidine rings is 1. The third-order valence-corrected chi connectivity index (χ3v) is 9.97. The molecular weight excluding hydrogens is 573 g/mol. The summed E-state index contributed by atoms with van der Waals surface area (Å²) in [6, 6.07) is 27.8. The number of benzene rings is 3. The van der Waals surface area contributed by atoms with E-state index in [1.807, 2.05) is 53.8 Å². The van der Waals surface area contributed by atoms with Crippen molar-refractivity contribution in [2.24, 2.45) is 5.92 Å². The zero-order valence-corrected chi connectivity index (χ0v) is 25.6. The van der Waals surface area contributed by atoms with E-state index in [0.29, 0.717) is 10.8 Å². The van der Waals surface area contributed by atoms with Crippen LogP contribution in [0.4, 0.5) is 13.2 Å². The highest BCUT2D eigenvalue weighted by Crippen LogP contribution is 2.34. The molecule has 1 heterocycles. The van der Waals surface area contributed by atoms with E-state index in [2.05, 4.69) is 33.9 Å². The standard InChI is InChI=1S/C28H37F3N2O3S.C6H6/c1-32(37(35)26-13-11-25(12-14-26)36-28(29,30)31)24-10-9-23(20-24)21-33-18-16-27(34,17-19-33)15-5-8-22-6-3-2-4-7-22;1-2-4-6-5-3-1/h2-4,6-7,11-14,23-24,34H,5,8-10,15-21H2,1H3;1-6H. The summed E-state index contributed by atoms with van der Waals surface area (Å²) in [5.74, 6) is 0.192. The van der Waals surface area contributed by atoms with Gasteiger partial charge in [-0.25, -0.2) is 8.51 Å². The SMILES string of the molecule is CN(C1CCC(CN2CCC(O)(CCCc3ccccc3)CC2)C1)S(=O)c1ccc(OC(F)(F)F)cc1.c1ccccc1. The topological polar surface area (TPSA) is 53.0 Å². The Morgan fingerprint density at radius 2 is 1.51 bits per heavy atom. The molecule has 1 saturated heterocycles. The number of halogens is 3. The smallest absolute Gasteiger partial charge is 0.406 e. The van der Waals surface area contributed by atoms with E-state index in [1.54, 1.807) is 0 Å². The van der Waals surface area contributed by atoms with Crippen LogP contribution >= 0.6 is 0 Å². The second-order valence-electron chi connectivity index (χ2n) is 11.7. The van der Waals surface area contributed by atoms with Gasteiger partial charge in [0, 0.05) is 32.7 Å². The maximum Gasteiger partial charge on any atom is 0.573 e. The molecule has 3 atom stereocenters. The minimum absolute atomic E-state index is 0.164. The van der Waals surface area contributed by atoms with E-state index in [4.69, 9.17) is 0 Å². The fourth-order valence-corrected chi connectivity index (χ4v) is 7.19. The van der Waals surface area contributed by atoms with Crippen molar-refractivity contribution >= 4 is 11.0 Å². The first kappa shape index (κ1) is 33.2. The maximum absolute atomic E-state index is 13.0. The lowest BCUT2D eigenvalue weighted by atomic mass is 9.85. The van der Waals surface area contributed by atoms with Crippen LogP contribution in [0.1, 0.15) is 50.5 Å². The molecule has 43 heavy (non-hydrogen) atoms. The third kappa shape index (κ3) is 11.1. The van der Waals surface area contributed by atoms with E-state index in [0.717, 1.165) is 71.0 Å². The van der Waals surface area contributed by atoms with Gasteiger partial charge in [-0.2, -0.15) is 0 Å². The lowest BCUT2D eigenvalue weighted by Crippen LogP contribution is -2.45. The lowest BCUT2D eigenvalue weighted by Gasteiger charge is -2.39. The van der Waals surface area contributed by atoms with E-state index >= 15 is 0 Å². The Balaban J connectivity index is 0.000000628. The molecule has 2 fully saturated rings. The molecule has 5 nitrogen and oxygen atoms in total. The van der Waals surface area contributed by atoms with Gasteiger partial charge >= 0.3 is 6.36 Å². The molecule has 0 spiro atoms. The molecule has 1 N–H and O–H groups in total. The molecule has 0 radical (unpaired) electrons. The molecule has 0 bridgehead atoms. The molecule has 5 rings (SSSR count). The van der Waals surface area contributed by atoms with E-state index in [9.17, 15) is 22.5 Å². The quantitative estimate of drug-likeness (QED) is 0.261. The van der Waals surface area contributed by atoms with Crippen LogP contribution in [-0.4, -0.2) is 63.2 Å². The number of rotatable bonds is 10. The zero-order valence-electron chi connectivity index (χ0n) is 24.8. The van der Waals surface area contributed by atoms with Crippen LogP contribution in [0.25, 0.3) is 0 Å². The Kier molecular flexibility index (Phi) is 12.2. The van der Waals surface area contributed by atoms with Crippen molar-refractivity contribution in [2.45, 2.75) is 74.3 Å². The fourth-order valence-electron chi connectivity index (χ4n) is 6.02. The third-order valence-electron chi connectivity index (χ3n) is 8.47. The molecule has 234 valence electrons. The van der Waals surface area contributed by atoms with E-state index < -0.39 is 22.9 Å². The lowest BCUT2D eigenvalue weighted by molar-refractivity contribution is -0.274. The van der Waals surface area contributed by atoms with Crippen LogP contribution in [0, 0.1) is 5.92 Å². The Bertz CT molecular complexity index is 1210. The summed E-state index contributed by atoms with van der Waals surface area (Å²) in [7, 11) is 0.370. The van der Waals surface area contributed by atoms with Gasteiger partial charge in [-0.1, -0.05) is 66.7 Å². The first-order valence-corrected chi connectivity index (χ1v) is 16.2. The van der Waals surface area contributed by atoms with Crippen LogP contribution in [0.15, 0.2) is 95.9 Å². The first-order chi connectivity index (χ1) is 20.6. The van der Waals surface area contributed by atoms with Crippen molar-refractivity contribution < 1.29 is 27.2 Å². The van der Waals surface area contributed by atoms with Gasteiger partial charge < -0.3 is 14.7 Å². The Labute approximate surface area is 256 Å². The minimum Gasteiger partial charge on any atom is -0.406 e. The number of alkyl halides is 3. The van der Waals surface area contributed by atoms with Gasteiger partial charge in [0.25, 0.3) is 0 Å².